The molecule has 0 fully saturated rings. The van der Waals surface area contributed by atoms with Crippen molar-refractivity contribution in [2.45, 2.75) is 52.4 Å². The highest BCUT2D eigenvalue weighted by molar-refractivity contribution is 6.74. The van der Waals surface area contributed by atoms with E-state index in [4.69, 9.17) is 4.43 Å². The molecule has 0 unspecified atom stereocenters. The fourth-order valence-corrected chi connectivity index (χ4v) is 2.39. The molecule has 19 heavy (non-hydrogen) atoms. The third kappa shape index (κ3) is 3.73. The van der Waals surface area contributed by atoms with Gasteiger partial charge in [0.25, 0.3) is 0 Å². The van der Waals surface area contributed by atoms with Gasteiger partial charge in [0, 0.05) is 5.56 Å². The quantitative estimate of drug-likeness (QED) is 0.598. The molecule has 2 nitrogen and oxygen atoms in total. The molecule has 0 spiro atoms. The lowest BCUT2D eigenvalue weighted by atomic mass is 10.1. The Morgan fingerprint density at radius 3 is 2.37 bits per heavy atom. The van der Waals surface area contributed by atoms with Crippen molar-refractivity contribution in [1.29, 1.82) is 0 Å². The molecular formula is C15H23FO2Si. The normalized spacial score (nSPS) is 12.6. The number of ketones is 1. The van der Waals surface area contributed by atoms with Gasteiger partial charge in [-0.3, -0.25) is 4.79 Å². The Labute approximate surface area is 116 Å². The Balaban J connectivity index is 2.91. The first-order valence-corrected chi connectivity index (χ1v) is 9.39. The van der Waals surface area contributed by atoms with Gasteiger partial charge in [-0.2, -0.15) is 0 Å². The van der Waals surface area contributed by atoms with Crippen LogP contribution >= 0.6 is 0 Å². The Morgan fingerprint density at radius 1 is 1.32 bits per heavy atom. The van der Waals surface area contributed by atoms with Crippen LogP contribution in [0.2, 0.25) is 18.1 Å². The van der Waals surface area contributed by atoms with Gasteiger partial charge in [0.15, 0.2) is 14.1 Å². The van der Waals surface area contributed by atoms with E-state index in [1.807, 2.05) is 0 Å². The second-order valence-electron chi connectivity index (χ2n) is 6.38. The summed E-state index contributed by atoms with van der Waals surface area (Å²) in [5.41, 5.74) is 0.592. The van der Waals surface area contributed by atoms with Gasteiger partial charge in [-0.15, -0.1) is 0 Å². The lowest BCUT2D eigenvalue weighted by Crippen LogP contribution is -2.40. The van der Waals surface area contributed by atoms with Crippen LogP contribution in [0.4, 0.5) is 4.39 Å². The Bertz CT molecular complexity index is 476. The van der Waals surface area contributed by atoms with Gasteiger partial charge in [-0.05, 0) is 31.1 Å². The molecule has 1 rings (SSSR count). The topological polar surface area (TPSA) is 26.3 Å². The molecule has 0 aliphatic carbocycles. The molecular weight excluding hydrogens is 259 g/mol. The van der Waals surface area contributed by atoms with Gasteiger partial charge >= 0.3 is 0 Å². The maximum Gasteiger partial charge on any atom is 0.192 e. The molecule has 0 heterocycles. The number of benzene rings is 1. The highest BCUT2D eigenvalue weighted by Crippen LogP contribution is 2.37. The third-order valence-corrected chi connectivity index (χ3v) is 8.33. The molecule has 0 saturated heterocycles. The zero-order chi connectivity index (χ0) is 14.8. The lowest BCUT2D eigenvalue weighted by molar-refractivity contribution is 0.101. The maximum atomic E-state index is 14.1. The molecule has 0 saturated carbocycles. The second kappa shape index (κ2) is 5.55. The summed E-state index contributed by atoms with van der Waals surface area (Å²) >= 11 is 0. The molecule has 1 aromatic carbocycles. The van der Waals surface area contributed by atoms with Crippen LogP contribution in [-0.4, -0.2) is 14.1 Å². The van der Waals surface area contributed by atoms with E-state index in [2.05, 4.69) is 33.9 Å². The fraction of sp³-hybridized carbons (Fsp3) is 0.533. The summed E-state index contributed by atoms with van der Waals surface area (Å²) in [6.45, 7) is 12.3. The summed E-state index contributed by atoms with van der Waals surface area (Å²) < 4.78 is 20.1. The number of carbonyl (C=O) groups excluding carboxylic acids is 1. The highest BCUT2D eigenvalue weighted by Gasteiger charge is 2.37. The molecule has 0 atom stereocenters. The third-order valence-electron chi connectivity index (χ3n) is 3.85. The van der Waals surface area contributed by atoms with E-state index >= 15 is 0 Å². The zero-order valence-corrected chi connectivity index (χ0v) is 13.6. The van der Waals surface area contributed by atoms with E-state index < -0.39 is 14.1 Å². The first-order chi connectivity index (χ1) is 8.56. The van der Waals surface area contributed by atoms with Crippen molar-refractivity contribution in [1.82, 2.24) is 0 Å². The molecule has 1 aromatic rings. The molecule has 0 aliphatic rings. The van der Waals surface area contributed by atoms with Crippen LogP contribution in [-0.2, 0) is 11.0 Å². The average Bonchev–Trinajstić information content (AvgIpc) is 2.25. The number of hydrogen-bond donors (Lipinski definition) is 0. The molecule has 0 bridgehead atoms. The van der Waals surface area contributed by atoms with Crippen molar-refractivity contribution in [3.05, 3.63) is 35.1 Å². The summed E-state index contributed by atoms with van der Waals surface area (Å²) in [6.07, 6.45) is 0. The number of carbonyl (C=O) groups is 1. The van der Waals surface area contributed by atoms with Crippen molar-refractivity contribution < 1.29 is 13.6 Å². The van der Waals surface area contributed by atoms with Crippen LogP contribution in [0.25, 0.3) is 0 Å². The number of rotatable bonds is 4. The molecule has 0 aromatic heterocycles. The molecule has 0 radical (unpaired) electrons. The summed E-state index contributed by atoms with van der Waals surface area (Å²) in [6, 6.07) is 4.88. The smallest absolute Gasteiger partial charge is 0.192 e. The van der Waals surface area contributed by atoms with Crippen molar-refractivity contribution in [2.75, 3.05) is 0 Å². The van der Waals surface area contributed by atoms with Gasteiger partial charge in [-0.1, -0.05) is 32.9 Å². The maximum absolute atomic E-state index is 14.1. The van der Waals surface area contributed by atoms with Crippen LogP contribution in [0.15, 0.2) is 18.2 Å². The van der Waals surface area contributed by atoms with Crippen LogP contribution in [0.1, 0.15) is 43.6 Å². The van der Waals surface area contributed by atoms with Gasteiger partial charge in [0.2, 0.25) is 0 Å². The summed E-state index contributed by atoms with van der Waals surface area (Å²) in [5.74, 6) is -0.708. The molecule has 4 heteroatoms. The molecule has 0 N–H and O–H groups in total. The summed E-state index contributed by atoms with van der Waals surface area (Å²) in [5, 5.41) is 0.0850. The van der Waals surface area contributed by atoms with Crippen LogP contribution in [0, 0.1) is 5.82 Å². The van der Waals surface area contributed by atoms with Gasteiger partial charge in [0.1, 0.15) is 5.82 Å². The summed E-state index contributed by atoms with van der Waals surface area (Å²) in [4.78, 5) is 11.3. The minimum atomic E-state index is -1.91. The van der Waals surface area contributed by atoms with E-state index in [-0.39, 0.29) is 23.0 Å². The number of Topliss-reactive ketones (excluding diaryl/α,β-unsaturated/α-hetero) is 1. The van der Waals surface area contributed by atoms with Gasteiger partial charge in [-0.25, -0.2) is 4.39 Å². The Morgan fingerprint density at radius 2 is 1.89 bits per heavy atom. The van der Waals surface area contributed by atoms with E-state index in [1.165, 1.54) is 13.0 Å². The van der Waals surface area contributed by atoms with Crippen molar-refractivity contribution in [3.63, 3.8) is 0 Å². The fourth-order valence-electron chi connectivity index (χ4n) is 1.44. The average molecular weight is 282 g/mol. The van der Waals surface area contributed by atoms with Gasteiger partial charge < -0.3 is 4.43 Å². The second-order valence-corrected chi connectivity index (χ2v) is 11.2. The number of hydrogen-bond acceptors (Lipinski definition) is 2. The minimum Gasteiger partial charge on any atom is -0.412 e. The predicted octanol–water partition coefficient (Wildman–Crippen LogP) is 4.55. The number of halogens is 1. The van der Waals surface area contributed by atoms with E-state index in [0.29, 0.717) is 5.56 Å². The Kier molecular flexibility index (Phi) is 4.69. The highest BCUT2D eigenvalue weighted by atomic mass is 28.4. The van der Waals surface area contributed by atoms with E-state index in [9.17, 15) is 9.18 Å². The van der Waals surface area contributed by atoms with Crippen molar-refractivity contribution >= 4 is 14.1 Å². The molecule has 0 aliphatic heterocycles. The molecule has 0 amide bonds. The summed E-state index contributed by atoms with van der Waals surface area (Å²) in [7, 11) is -1.91. The molecule has 106 valence electrons. The zero-order valence-electron chi connectivity index (χ0n) is 12.6. The first kappa shape index (κ1) is 16.1. The largest absolute Gasteiger partial charge is 0.412 e. The van der Waals surface area contributed by atoms with Crippen LogP contribution in [0.5, 0.6) is 0 Å². The van der Waals surface area contributed by atoms with Crippen LogP contribution in [0.3, 0.4) is 0 Å². The first-order valence-electron chi connectivity index (χ1n) is 6.48. The van der Waals surface area contributed by atoms with Crippen LogP contribution < -0.4 is 0 Å². The van der Waals surface area contributed by atoms with Gasteiger partial charge in [0.05, 0.1) is 12.2 Å². The van der Waals surface area contributed by atoms with E-state index in [1.54, 1.807) is 12.1 Å². The minimum absolute atomic E-state index is 0.0850. The lowest BCUT2D eigenvalue weighted by Gasteiger charge is -2.36. The standard InChI is InChI=1S/C15H23FO2Si/c1-11(17)13-9-7-8-12(14(13)16)10-18-19(5,6)15(2,3)4/h7-9H,10H2,1-6H3. The SMILES string of the molecule is CC(=O)c1cccc(CO[Si](C)(C)C(C)(C)C)c1F. The van der Waals surface area contributed by atoms with Crippen molar-refractivity contribution in [3.8, 4) is 0 Å². The monoisotopic (exact) mass is 282 g/mol. The Hall–Kier alpha value is -1.00. The van der Waals surface area contributed by atoms with Crippen molar-refractivity contribution in [2.24, 2.45) is 0 Å². The predicted molar refractivity (Wildman–Crippen MR) is 78.4 cm³/mol. The van der Waals surface area contributed by atoms with E-state index in [0.717, 1.165) is 0 Å².